The maximum Gasteiger partial charge on any atom is 0.407 e. The van der Waals surface area contributed by atoms with Crippen LogP contribution in [0, 0.1) is 11.7 Å². The van der Waals surface area contributed by atoms with Crippen molar-refractivity contribution in [2.24, 2.45) is 5.92 Å². The molecule has 1 aliphatic carbocycles. The summed E-state index contributed by atoms with van der Waals surface area (Å²) in [5, 5.41) is 12.7. The molecule has 1 saturated carbocycles. The molecule has 0 spiro atoms. The molecule has 0 heterocycles. The minimum atomic E-state index is -3.75. The normalized spacial score (nSPS) is 18.0. The van der Waals surface area contributed by atoms with E-state index in [1.165, 1.54) is 12.1 Å². The first-order valence-electron chi connectivity index (χ1n) is 8.71. The Hall–Kier alpha value is -1.76. The Balaban J connectivity index is 2.19. The van der Waals surface area contributed by atoms with Gasteiger partial charge in [-0.15, -0.1) is 0 Å². The van der Waals surface area contributed by atoms with Crippen LogP contribution in [0.4, 0.5) is 18.0 Å². The van der Waals surface area contributed by atoms with Crippen LogP contribution < -0.4 is 5.32 Å². The fraction of sp³-hybridized carbons (Fsp3) is 0.632. The Morgan fingerprint density at radius 3 is 2.38 bits per heavy atom. The molecule has 1 fully saturated rings. The van der Waals surface area contributed by atoms with E-state index < -0.39 is 40.5 Å². The lowest BCUT2D eigenvalue weighted by Gasteiger charge is -2.43. The molecule has 2 N–H and O–H groups in total. The van der Waals surface area contributed by atoms with Crippen molar-refractivity contribution in [1.29, 1.82) is 0 Å². The van der Waals surface area contributed by atoms with Crippen LogP contribution in [0.3, 0.4) is 0 Å². The number of carbonyl (C=O) groups excluding carboxylic acids is 1. The van der Waals surface area contributed by atoms with Gasteiger partial charge in [0.1, 0.15) is 17.0 Å². The fourth-order valence-electron chi connectivity index (χ4n) is 2.94. The van der Waals surface area contributed by atoms with Gasteiger partial charge in [0.25, 0.3) is 0 Å². The maximum atomic E-state index is 14.9. The van der Waals surface area contributed by atoms with Gasteiger partial charge in [-0.2, -0.15) is 8.78 Å². The zero-order chi connectivity index (χ0) is 19.8. The van der Waals surface area contributed by atoms with Gasteiger partial charge in [0, 0.05) is 12.1 Å². The van der Waals surface area contributed by atoms with Crippen molar-refractivity contribution in [3.8, 4) is 0 Å². The van der Waals surface area contributed by atoms with Crippen LogP contribution in [0.15, 0.2) is 18.2 Å². The number of nitrogens with one attached hydrogen (secondary N) is 1. The van der Waals surface area contributed by atoms with E-state index in [4.69, 9.17) is 4.74 Å². The highest BCUT2D eigenvalue weighted by Crippen LogP contribution is 2.50. The zero-order valence-corrected chi connectivity index (χ0v) is 15.5. The van der Waals surface area contributed by atoms with Crippen molar-refractivity contribution in [1.82, 2.24) is 5.32 Å². The van der Waals surface area contributed by atoms with Crippen LogP contribution in [0.25, 0.3) is 0 Å². The van der Waals surface area contributed by atoms with E-state index in [-0.39, 0.29) is 12.1 Å². The highest BCUT2D eigenvalue weighted by atomic mass is 19.3. The van der Waals surface area contributed by atoms with Crippen LogP contribution in [-0.4, -0.2) is 22.4 Å². The Labute approximate surface area is 151 Å². The first kappa shape index (κ1) is 20.6. The molecule has 26 heavy (non-hydrogen) atoms. The lowest BCUT2D eigenvalue weighted by Crippen LogP contribution is -2.52. The second-order valence-corrected chi connectivity index (χ2v) is 7.98. The van der Waals surface area contributed by atoms with Crippen molar-refractivity contribution in [2.45, 2.75) is 70.6 Å². The third-order valence-electron chi connectivity index (χ3n) is 4.77. The first-order chi connectivity index (χ1) is 11.9. The van der Waals surface area contributed by atoms with E-state index in [2.05, 4.69) is 5.32 Å². The Morgan fingerprint density at radius 2 is 1.88 bits per heavy atom. The van der Waals surface area contributed by atoms with Gasteiger partial charge in [-0.05, 0) is 52.5 Å². The highest BCUT2D eigenvalue weighted by Gasteiger charge is 2.57. The Bertz CT molecular complexity index is 664. The monoisotopic (exact) mass is 373 g/mol. The van der Waals surface area contributed by atoms with Gasteiger partial charge in [0.05, 0.1) is 5.56 Å². The molecule has 7 heteroatoms. The van der Waals surface area contributed by atoms with Gasteiger partial charge in [-0.25, -0.2) is 9.18 Å². The largest absolute Gasteiger partial charge is 0.444 e. The van der Waals surface area contributed by atoms with Gasteiger partial charge < -0.3 is 15.2 Å². The number of aliphatic hydroxyl groups is 1. The fourth-order valence-corrected chi connectivity index (χ4v) is 2.94. The predicted octanol–water partition coefficient (Wildman–Crippen LogP) is 4.49. The quantitative estimate of drug-likeness (QED) is 0.799. The highest BCUT2D eigenvalue weighted by molar-refractivity contribution is 5.67. The number of rotatable bonds is 5. The molecule has 1 aliphatic rings. The molecular weight excluding hydrogens is 347 g/mol. The molecule has 1 atom stereocenters. The summed E-state index contributed by atoms with van der Waals surface area (Å²) in [7, 11) is 0. The molecule has 1 aromatic rings. The number of ether oxygens (including phenoxy) is 1. The lowest BCUT2D eigenvalue weighted by atomic mass is 9.69. The number of hydrogen-bond donors (Lipinski definition) is 2. The summed E-state index contributed by atoms with van der Waals surface area (Å²) in [6.07, 6.45) is 0.989. The van der Waals surface area contributed by atoms with Crippen LogP contribution in [-0.2, 0) is 17.2 Å². The number of halogens is 3. The summed E-state index contributed by atoms with van der Waals surface area (Å²) in [4.78, 5) is 11.7. The molecule has 0 aliphatic heterocycles. The van der Waals surface area contributed by atoms with Crippen molar-refractivity contribution >= 4 is 6.09 Å². The molecule has 1 aromatic carbocycles. The van der Waals surface area contributed by atoms with Crippen LogP contribution in [0.1, 0.15) is 58.1 Å². The summed E-state index contributed by atoms with van der Waals surface area (Å²) in [5.41, 5.74) is -4.02. The summed E-state index contributed by atoms with van der Waals surface area (Å²) < 4.78 is 49.5. The van der Waals surface area contributed by atoms with Gasteiger partial charge in [0.2, 0.25) is 0 Å². The van der Waals surface area contributed by atoms with E-state index in [1.807, 2.05) is 0 Å². The molecule has 0 radical (unpaired) electrons. The molecule has 0 bridgehead atoms. The molecule has 2 rings (SSSR count). The minimum absolute atomic E-state index is 0.0996. The average Bonchev–Trinajstić information content (AvgIpc) is 2.41. The summed E-state index contributed by atoms with van der Waals surface area (Å²) in [6, 6.07) is 3.57. The topological polar surface area (TPSA) is 58.6 Å². The predicted molar refractivity (Wildman–Crippen MR) is 91.3 cm³/mol. The number of hydrogen-bond acceptors (Lipinski definition) is 3. The van der Waals surface area contributed by atoms with Crippen molar-refractivity contribution in [2.75, 3.05) is 0 Å². The van der Waals surface area contributed by atoms with Crippen molar-refractivity contribution in [3.05, 3.63) is 35.1 Å². The smallest absolute Gasteiger partial charge is 0.407 e. The Kier molecular flexibility index (Phi) is 5.61. The van der Waals surface area contributed by atoms with Crippen LogP contribution in [0.2, 0.25) is 0 Å². The molecule has 0 saturated heterocycles. The van der Waals surface area contributed by atoms with Gasteiger partial charge in [-0.3, -0.25) is 0 Å². The number of carbonyl (C=O) groups is 1. The Morgan fingerprint density at radius 1 is 1.27 bits per heavy atom. The van der Waals surface area contributed by atoms with E-state index >= 15 is 0 Å². The SMILES string of the molecule is CC(C)(C)OC(=O)NCc1cccc(C(F)(F)C(C)(O)C2CCC2)c1F. The van der Waals surface area contributed by atoms with E-state index in [9.17, 15) is 23.1 Å². The van der Waals surface area contributed by atoms with Crippen LogP contribution >= 0.6 is 0 Å². The summed E-state index contributed by atoms with van der Waals surface area (Å²) in [6.45, 7) is 5.79. The molecule has 0 aromatic heterocycles. The minimum Gasteiger partial charge on any atom is -0.444 e. The molecule has 4 nitrogen and oxygen atoms in total. The lowest BCUT2D eigenvalue weighted by molar-refractivity contribution is -0.218. The molecule has 1 amide bonds. The van der Waals surface area contributed by atoms with E-state index in [0.717, 1.165) is 19.4 Å². The zero-order valence-electron chi connectivity index (χ0n) is 15.5. The van der Waals surface area contributed by atoms with Crippen molar-refractivity contribution in [3.63, 3.8) is 0 Å². The van der Waals surface area contributed by atoms with Crippen LogP contribution in [0.5, 0.6) is 0 Å². The third-order valence-corrected chi connectivity index (χ3v) is 4.77. The maximum absolute atomic E-state index is 14.9. The number of benzene rings is 1. The first-order valence-corrected chi connectivity index (χ1v) is 8.71. The molecular formula is C19H26F3NO3. The van der Waals surface area contributed by atoms with Crippen molar-refractivity contribution < 1.29 is 27.8 Å². The summed E-state index contributed by atoms with van der Waals surface area (Å²) >= 11 is 0. The van der Waals surface area contributed by atoms with Gasteiger partial charge >= 0.3 is 12.0 Å². The second kappa shape index (κ2) is 7.10. The average molecular weight is 373 g/mol. The number of amides is 1. The molecule has 146 valence electrons. The van der Waals surface area contributed by atoms with E-state index in [1.54, 1.807) is 20.8 Å². The standard InChI is InChI=1S/C19H26F3NO3/c1-17(2,3)26-16(24)23-11-12-7-5-10-14(15(12)20)19(21,22)18(4,25)13-8-6-9-13/h5,7,10,13,25H,6,8-9,11H2,1-4H3,(H,23,24). The third kappa shape index (κ3) is 4.14. The molecule has 1 unspecified atom stereocenters. The number of alkyl halides is 2. The summed E-state index contributed by atoms with van der Waals surface area (Å²) in [5.74, 6) is -5.45. The van der Waals surface area contributed by atoms with Gasteiger partial charge in [0.15, 0.2) is 0 Å². The number of alkyl carbamates (subject to hydrolysis) is 1. The van der Waals surface area contributed by atoms with E-state index in [0.29, 0.717) is 12.8 Å². The second-order valence-electron chi connectivity index (χ2n) is 7.98. The van der Waals surface area contributed by atoms with Gasteiger partial charge in [-0.1, -0.05) is 18.6 Å².